The number of carbonyl (C=O) groups excluding carboxylic acids is 2. The van der Waals surface area contributed by atoms with E-state index in [0.717, 1.165) is 0 Å². The molecule has 0 heterocycles. The molecule has 3 aromatic carbocycles. The maximum atomic E-state index is 13.3. The van der Waals surface area contributed by atoms with Crippen LogP contribution in [-0.4, -0.2) is 16.7 Å². The van der Waals surface area contributed by atoms with Gasteiger partial charge in [0.05, 0.1) is 0 Å². The predicted octanol–water partition coefficient (Wildman–Crippen LogP) is 5.54. The highest BCUT2D eigenvalue weighted by molar-refractivity contribution is 6.35. The van der Waals surface area contributed by atoms with Crippen molar-refractivity contribution >= 4 is 35.0 Å². The highest BCUT2D eigenvalue weighted by Gasteiger charge is 2.29. The highest BCUT2D eigenvalue weighted by Crippen LogP contribution is 2.25. The molecule has 7 heteroatoms. The van der Waals surface area contributed by atoms with Crippen LogP contribution in [0, 0.1) is 5.82 Å². The van der Waals surface area contributed by atoms with Gasteiger partial charge in [-0.25, -0.2) is 4.39 Å². The number of halogens is 3. The zero-order chi connectivity index (χ0) is 22.4. The smallest absolute Gasteiger partial charge is 0.247 e. The van der Waals surface area contributed by atoms with E-state index in [9.17, 15) is 14.0 Å². The van der Waals surface area contributed by atoms with Crippen LogP contribution in [0.2, 0.25) is 10.0 Å². The number of hydrogen-bond acceptors (Lipinski definition) is 2. The maximum absolute atomic E-state index is 13.3. The molecule has 0 aliphatic carbocycles. The molecule has 0 aliphatic rings. The molecule has 3 aromatic rings. The summed E-state index contributed by atoms with van der Waals surface area (Å²) in [6.45, 7) is 1.74. The molecule has 0 bridgehead atoms. The second-order valence-corrected chi connectivity index (χ2v) is 7.88. The molecule has 4 nitrogen and oxygen atoms in total. The molecule has 0 aromatic heterocycles. The second-order valence-electron chi connectivity index (χ2n) is 7.04. The fraction of sp³-hybridized carbons (Fsp3) is 0.167. The van der Waals surface area contributed by atoms with Gasteiger partial charge in [-0.3, -0.25) is 9.59 Å². The molecule has 0 spiro atoms. The Morgan fingerprint density at radius 2 is 1.68 bits per heavy atom. The van der Waals surface area contributed by atoms with Crippen LogP contribution in [0.25, 0.3) is 0 Å². The van der Waals surface area contributed by atoms with Crippen LogP contribution in [-0.2, 0) is 22.7 Å². The quantitative estimate of drug-likeness (QED) is 0.505. The first-order valence-electron chi connectivity index (χ1n) is 9.63. The molecule has 3 rings (SSSR count). The Balaban J connectivity index is 1.87. The van der Waals surface area contributed by atoms with E-state index in [1.807, 2.05) is 18.2 Å². The van der Waals surface area contributed by atoms with E-state index in [0.29, 0.717) is 26.7 Å². The summed E-state index contributed by atoms with van der Waals surface area (Å²) in [6.07, 6.45) is 0. The third kappa shape index (κ3) is 6.06. The zero-order valence-corrected chi connectivity index (χ0v) is 18.3. The first kappa shape index (κ1) is 22.8. The average molecular weight is 459 g/mol. The van der Waals surface area contributed by atoms with Gasteiger partial charge >= 0.3 is 0 Å². The number of nitrogens with one attached hydrogen (secondary N) is 1. The molecule has 1 atom stereocenters. The van der Waals surface area contributed by atoms with Gasteiger partial charge in [0.25, 0.3) is 0 Å². The molecule has 0 aliphatic heterocycles. The Bertz CT molecular complexity index is 1060. The first-order chi connectivity index (χ1) is 14.8. The van der Waals surface area contributed by atoms with Gasteiger partial charge < -0.3 is 10.2 Å². The molecule has 0 saturated heterocycles. The fourth-order valence-corrected chi connectivity index (χ4v) is 3.70. The lowest BCUT2D eigenvalue weighted by molar-refractivity contribution is -0.140. The summed E-state index contributed by atoms with van der Waals surface area (Å²) < 4.78 is 13.3. The van der Waals surface area contributed by atoms with Crippen molar-refractivity contribution < 1.29 is 14.0 Å². The van der Waals surface area contributed by atoms with E-state index >= 15 is 0 Å². The average Bonchev–Trinajstić information content (AvgIpc) is 2.74. The van der Waals surface area contributed by atoms with Crippen molar-refractivity contribution in [3.05, 3.63) is 105 Å². The van der Waals surface area contributed by atoms with E-state index in [4.69, 9.17) is 23.2 Å². The van der Waals surface area contributed by atoms with E-state index in [-0.39, 0.29) is 30.7 Å². The zero-order valence-electron chi connectivity index (χ0n) is 16.8. The van der Waals surface area contributed by atoms with Crippen LogP contribution in [0.1, 0.15) is 29.7 Å². The number of carbonyl (C=O) groups is 2. The lowest BCUT2D eigenvalue weighted by atomic mass is 10.0. The maximum Gasteiger partial charge on any atom is 0.247 e. The van der Waals surface area contributed by atoms with Crippen molar-refractivity contribution in [2.24, 2.45) is 0 Å². The number of benzene rings is 3. The number of amides is 2. The minimum absolute atomic E-state index is 0.157. The Morgan fingerprint density at radius 3 is 2.29 bits per heavy atom. The van der Waals surface area contributed by atoms with Gasteiger partial charge in [0.15, 0.2) is 0 Å². The number of rotatable bonds is 7. The Hall–Kier alpha value is -2.89. The van der Waals surface area contributed by atoms with Crippen LogP contribution in [0.4, 0.5) is 4.39 Å². The molecule has 1 unspecified atom stereocenters. The van der Waals surface area contributed by atoms with Crippen LogP contribution in [0.15, 0.2) is 72.8 Å². The van der Waals surface area contributed by atoms with Crippen LogP contribution < -0.4 is 5.32 Å². The molecule has 160 valence electrons. The summed E-state index contributed by atoms with van der Waals surface area (Å²) in [5.41, 5.74) is 2.09. The first-order valence-corrected chi connectivity index (χ1v) is 10.4. The van der Waals surface area contributed by atoms with Gasteiger partial charge in [-0.2, -0.15) is 0 Å². The molecule has 31 heavy (non-hydrogen) atoms. The third-order valence-electron chi connectivity index (χ3n) is 4.81. The van der Waals surface area contributed by atoms with E-state index in [2.05, 4.69) is 5.32 Å². The molecule has 1 N–H and O–H groups in total. The summed E-state index contributed by atoms with van der Waals surface area (Å²) in [6, 6.07) is 19.1. The van der Waals surface area contributed by atoms with Crippen molar-refractivity contribution in [3.63, 3.8) is 0 Å². The normalized spacial score (nSPS) is 11.6. The molecule has 2 amide bonds. The van der Waals surface area contributed by atoms with E-state index in [1.165, 1.54) is 24.0 Å². The number of nitrogens with zero attached hydrogens (tertiary/aromatic N) is 1. The summed E-state index contributed by atoms with van der Waals surface area (Å²) in [7, 11) is 0. The highest BCUT2D eigenvalue weighted by atomic mass is 35.5. The van der Waals surface area contributed by atoms with Crippen molar-refractivity contribution in [1.29, 1.82) is 0 Å². The minimum atomic E-state index is -0.866. The van der Waals surface area contributed by atoms with Crippen LogP contribution in [0.3, 0.4) is 0 Å². The second kappa shape index (κ2) is 10.4. The number of hydrogen-bond donors (Lipinski definition) is 1. The van der Waals surface area contributed by atoms with Gasteiger partial charge in [0, 0.05) is 30.1 Å². The SMILES string of the molecule is CC(=O)N(Cc1ccc(F)cc1)C(C(=O)NCc1ccc(Cl)cc1Cl)c1ccccc1. The topological polar surface area (TPSA) is 49.4 Å². The van der Waals surface area contributed by atoms with Gasteiger partial charge in [-0.05, 0) is 41.0 Å². The summed E-state index contributed by atoms with van der Waals surface area (Å²) in [4.78, 5) is 27.2. The largest absolute Gasteiger partial charge is 0.350 e. The molecular formula is C24H21Cl2FN2O2. The Morgan fingerprint density at radius 1 is 1.00 bits per heavy atom. The summed E-state index contributed by atoms with van der Waals surface area (Å²) in [5.74, 6) is -0.997. The predicted molar refractivity (Wildman–Crippen MR) is 120 cm³/mol. The van der Waals surface area contributed by atoms with Gasteiger partial charge in [-0.15, -0.1) is 0 Å². The standard InChI is InChI=1S/C24H21Cl2FN2O2/c1-16(30)29(15-17-7-11-21(27)12-8-17)23(18-5-3-2-4-6-18)24(31)28-14-19-9-10-20(25)13-22(19)26/h2-13,23H,14-15H2,1H3,(H,28,31). The molecule has 0 saturated carbocycles. The summed E-state index contributed by atoms with van der Waals surface area (Å²) >= 11 is 12.1. The Labute approximate surface area is 190 Å². The Kier molecular flexibility index (Phi) is 7.66. The van der Waals surface area contributed by atoms with Crippen molar-refractivity contribution in [3.8, 4) is 0 Å². The van der Waals surface area contributed by atoms with Gasteiger partial charge in [0.2, 0.25) is 11.8 Å². The van der Waals surface area contributed by atoms with Crippen molar-refractivity contribution in [1.82, 2.24) is 10.2 Å². The van der Waals surface area contributed by atoms with Crippen molar-refractivity contribution in [2.75, 3.05) is 0 Å². The van der Waals surface area contributed by atoms with Crippen LogP contribution in [0.5, 0.6) is 0 Å². The lowest BCUT2D eigenvalue weighted by Gasteiger charge is -2.30. The third-order valence-corrected chi connectivity index (χ3v) is 5.40. The van der Waals surface area contributed by atoms with E-state index < -0.39 is 6.04 Å². The molecular weight excluding hydrogens is 438 g/mol. The van der Waals surface area contributed by atoms with Gasteiger partial charge in [0.1, 0.15) is 11.9 Å². The van der Waals surface area contributed by atoms with Crippen molar-refractivity contribution in [2.45, 2.75) is 26.1 Å². The van der Waals surface area contributed by atoms with Crippen LogP contribution >= 0.6 is 23.2 Å². The van der Waals surface area contributed by atoms with Gasteiger partial charge in [-0.1, -0.05) is 71.7 Å². The minimum Gasteiger partial charge on any atom is -0.350 e. The summed E-state index contributed by atoms with van der Waals surface area (Å²) in [5, 5.41) is 3.82. The fourth-order valence-electron chi connectivity index (χ4n) is 3.22. The lowest BCUT2D eigenvalue weighted by Crippen LogP contribution is -2.42. The monoisotopic (exact) mass is 458 g/mol. The molecule has 0 fully saturated rings. The molecule has 0 radical (unpaired) electrons. The van der Waals surface area contributed by atoms with E-state index in [1.54, 1.807) is 42.5 Å².